The van der Waals surface area contributed by atoms with Gasteiger partial charge in [-0.15, -0.1) is 0 Å². The van der Waals surface area contributed by atoms with Gasteiger partial charge in [-0.3, -0.25) is 4.79 Å². The van der Waals surface area contributed by atoms with Gasteiger partial charge in [0.1, 0.15) is 5.76 Å². The number of anilines is 1. The molecule has 2 N–H and O–H groups in total. The minimum Gasteiger partial charge on any atom is -0.467 e. The molecule has 0 unspecified atom stereocenters. The smallest absolute Gasteiger partial charge is 0.253 e. The normalized spacial score (nSPS) is 11.9. The molecule has 1 amide bonds. The highest BCUT2D eigenvalue weighted by molar-refractivity contribution is 5.99. The lowest BCUT2D eigenvalue weighted by atomic mass is 10.1. The average molecular weight is 258 g/mol. The fourth-order valence-electron chi connectivity index (χ4n) is 1.91. The lowest BCUT2D eigenvalue weighted by Gasteiger charge is -2.14. The van der Waals surface area contributed by atoms with Gasteiger partial charge in [0.15, 0.2) is 0 Å². The Kier molecular flexibility index (Phi) is 4.23. The number of para-hydroxylation sites is 1. The van der Waals surface area contributed by atoms with Crippen LogP contribution in [0.25, 0.3) is 0 Å². The Hall–Kier alpha value is -2.23. The van der Waals surface area contributed by atoms with E-state index in [1.165, 1.54) is 0 Å². The van der Waals surface area contributed by atoms with Gasteiger partial charge in [-0.25, -0.2) is 0 Å². The minimum atomic E-state index is -0.155. The zero-order valence-corrected chi connectivity index (χ0v) is 11.1. The molecule has 0 aliphatic carbocycles. The summed E-state index contributed by atoms with van der Waals surface area (Å²) in [6.45, 7) is 4.67. The summed E-state index contributed by atoms with van der Waals surface area (Å²) in [6.07, 6.45) is 1.60. The first-order valence-electron chi connectivity index (χ1n) is 6.39. The SMILES string of the molecule is CCNc1ccccc1C(=O)N[C@H](C)c1ccco1. The maximum Gasteiger partial charge on any atom is 0.253 e. The minimum absolute atomic E-state index is 0.111. The van der Waals surface area contributed by atoms with Crippen LogP contribution in [0.4, 0.5) is 5.69 Å². The molecule has 4 nitrogen and oxygen atoms in total. The molecule has 0 fully saturated rings. The number of furan rings is 1. The molecule has 0 spiro atoms. The second-order valence-electron chi connectivity index (χ2n) is 4.29. The van der Waals surface area contributed by atoms with Crippen molar-refractivity contribution in [2.45, 2.75) is 19.9 Å². The number of hydrogen-bond donors (Lipinski definition) is 2. The van der Waals surface area contributed by atoms with Gasteiger partial charge in [0.05, 0.1) is 17.9 Å². The van der Waals surface area contributed by atoms with Crippen LogP contribution in [0.5, 0.6) is 0 Å². The van der Waals surface area contributed by atoms with E-state index < -0.39 is 0 Å². The topological polar surface area (TPSA) is 54.3 Å². The lowest BCUT2D eigenvalue weighted by Crippen LogP contribution is -2.27. The van der Waals surface area contributed by atoms with Gasteiger partial charge in [0.2, 0.25) is 0 Å². The zero-order valence-electron chi connectivity index (χ0n) is 11.1. The van der Waals surface area contributed by atoms with Gasteiger partial charge in [-0.1, -0.05) is 12.1 Å². The molecule has 4 heteroatoms. The first-order valence-corrected chi connectivity index (χ1v) is 6.39. The van der Waals surface area contributed by atoms with Crippen LogP contribution in [0.1, 0.15) is 36.0 Å². The van der Waals surface area contributed by atoms with E-state index in [0.717, 1.165) is 18.0 Å². The quantitative estimate of drug-likeness (QED) is 0.866. The summed E-state index contributed by atoms with van der Waals surface area (Å²) in [6, 6.07) is 11.0. The lowest BCUT2D eigenvalue weighted by molar-refractivity contribution is 0.0936. The summed E-state index contributed by atoms with van der Waals surface area (Å²) in [5, 5.41) is 6.11. The molecular formula is C15H18N2O2. The Morgan fingerprint density at radius 3 is 2.74 bits per heavy atom. The third-order valence-corrected chi connectivity index (χ3v) is 2.86. The van der Waals surface area contributed by atoms with Gasteiger partial charge >= 0.3 is 0 Å². The van der Waals surface area contributed by atoms with Gasteiger partial charge in [-0.2, -0.15) is 0 Å². The highest BCUT2D eigenvalue weighted by atomic mass is 16.3. The van der Waals surface area contributed by atoms with Crippen LogP contribution in [0.15, 0.2) is 47.1 Å². The summed E-state index contributed by atoms with van der Waals surface area (Å²) in [4.78, 5) is 12.3. The van der Waals surface area contributed by atoms with E-state index >= 15 is 0 Å². The van der Waals surface area contributed by atoms with Crippen molar-refractivity contribution in [1.82, 2.24) is 5.32 Å². The second-order valence-corrected chi connectivity index (χ2v) is 4.29. The van der Waals surface area contributed by atoms with Crippen LogP contribution in [-0.4, -0.2) is 12.5 Å². The number of nitrogens with one attached hydrogen (secondary N) is 2. The van der Waals surface area contributed by atoms with Gasteiger partial charge < -0.3 is 15.1 Å². The Labute approximate surface area is 112 Å². The van der Waals surface area contributed by atoms with E-state index in [1.807, 2.05) is 50.2 Å². The van der Waals surface area contributed by atoms with Gasteiger partial charge in [-0.05, 0) is 38.1 Å². The Balaban J connectivity index is 2.11. The van der Waals surface area contributed by atoms with E-state index in [-0.39, 0.29) is 11.9 Å². The molecule has 1 heterocycles. The Morgan fingerprint density at radius 1 is 1.26 bits per heavy atom. The van der Waals surface area contributed by atoms with Crippen molar-refractivity contribution in [1.29, 1.82) is 0 Å². The van der Waals surface area contributed by atoms with Gasteiger partial charge in [0, 0.05) is 12.2 Å². The molecule has 2 aromatic rings. The average Bonchev–Trinajstić information content (AvgIpc) is 2.93. The Morgan fingerprint density at radius 2 is 2.05 bits per heavy atom. The van der Waals surface area contributed by atoms with Crippen molar-refractivity contribution < 1.29 is 9.21 Å². The molecule has 0 radical (unpaired) electrons. The standard InChI is InChI=1S/C15H18N2O2/c1-3-16-13-8-5-4-7-12(13)15(18)17-11(2)14-9-6-10-19-14/h4-11,16H,3H2,1-2H3,(H,17,18)/t11-/m1/s1. The second kappa shape index (κ2) is 6.09. The molecule has 19 heavy (non-hydrogen) atoms. The van der Waals surface area contributed by atoms with Crippen LogP contribution in [0.3, 0.4) is 0 Å². The van der Waals surface area contributed by atoms with E-state index in [4.69, 9.17) is 4.42 Å². The maximum atomic E-state index is 12.3. The first kappa shape index (κ1) is 13.2. The van der Waals surface area contributed by atoms with Crippen molar-refractivity contribution in [3.05, 3.63) is 54.0 Å². The van der Waals surface area contributed by atoms with E-state index in [1.54, 1.807) is 6.26 Å². The fraction of sp³-hybridized carbons (Fsp3) is 0.267. The molecule has 0 saturated carbocycles. The molecule has 1 aromatic carbocycles. The van der Waals surface area contributed by atoms with Crippen molar-refractivity contribution in [3.8, 4) is 0 Å². The van der Waals surface area contributed by atoms with Crippen molar-refractivity contribution in [3.63, 3.8) is 0 Å². The predicted molar refractivity (Wildman–Crippen MR) is 75.2 cm³/mol. The largest absolute Gasteiger partial charge is 0.467 e. The van der Waals surface area contributed by atoms with E-state index in [0.29, 0.717) is 5.56 Å². The van der Waals surface area contributed by atoms with Gasteiger partial charge in [0.25, 0.3) is 5.91 Å². The van der Waals surface area contributed by atoms with Crippen LogP contribution in [0.2, 0.25) is 0 Å². The molecule has 0 saturated heterocycles. The van der Waals surface area contributed by atoms with Crippen LogP contribution >= 0.6 is 0 Å². The third kappa shape index (κ3) is 3.16. The van der Waals surface area contributed by atoms with Crippen LogP contribution in [0, 0.1) is 0 Å². The first-order chi connectivity index (χ1) is 9.22. The predicted octanol–water partition coefficient (Wildman–Crippen LogP) is 3.20. The highest BCUT2D eigenvalue weighted by Crippen LogP contribution is 2.17. The number of amides is 1. The molecule has 1 atom stereocenters. The zero-order chi connectivity index (χ0) is 13.7. The number of carbonyl (C=O) groups excluding carboxylic acids is 1. The molecule has 0 bridgehead atoms. The van der Waals surface area contributed by atoms with Crippen molar-refractivity contribution >= 4 is 11.6 Å². The van der Waals surface area contributed by atoms with Crippen molar-refractivity contribution in [2.24, 2.45) is 0 Å². The number of hydrogen-bond acceptors (Lipinski definition) is 3. The number of benzene rings is 1. The molecule has 0 aliphatic heterocycles. The molecule has 0 aliphatic rings. The van der Waals surface area contributed by atoms with E-state index in [9.17, 15) is 4.79 Å². The van der Waals surface area contributed by atoms with Crippen LogP contribution < -0.4 is 10.6 Å². The Bertz CT molecular complexity index is 535. The monoisotopic (exact) mass is 258 g/mol. The number of rotatable bonds is 5. The molecular weight excluding hydrogens is 240 g/mol. The summed E-state index contributed by atoms with van der Waals surface area (Å²) >= 11 is 0. The maximum absolute atomic E-state index is 12.3. The molecule has 100 valence electrons. The fourth-order valence-corrected chi connectivity index (χ4v) is 1.91. The van der Waals surface area contributed by atoms with E-state index in [2.05, 4.69) is 10.6 Å². The summed E-state index contributed by atoms with van der Waals surface area (Å²) in [5.41, 5.74) is 1.48. The molecule has 1 aromatic heterocycles. The summed E-state index contributed by atoms with van der Waals surface area (Å²) in [5.74, 6) is 0.634. The highest BCUT2D eigenvalue weighted by Gasteiger charge is 2.15. The number of carbonyl (C=O) groups is 1. The van der Waals surface area contributed by atoms with Crippen molar-refractivity contribution in [2.75, 3.05) is 11.9 Å². The summed E-state index contributed by atoms with van der Waals surface area (Å²) in [7, 11) is 0. The third-order valence-electron chi connectivity index (χ3n) is 2.86. The molecule has 2 rings (SSSR count). The van der Waals surface area contributed by atoms with Crippen LogP contribution in [-0.2, 0) is 0 Å². The summed E-state index contributed by atoms with van der Waals surface area (Å²) < 4.78 is 5.28.